The maximum atomic E-state index is 14.9. The number of aryl methyl sites for hydroxylation is 1. The van der Waals surface area contributed by atoms with Crippen LogP contribution in [0.1, 0.15) is 97.7 Å². The zero-order valence-corrected chi connectivity index (χ0v) is 39.8. The number of fused-ring (bicyclic) bond motifs is 8. The summed E-state index contributed by atoms with van der Waals surface area (Å²) in [7, 11) is 0. The van der Waals surface area contributed by atoms with Gasteiger partial charge in [0.15, 0.2) is 17.2 Å². The van der Waals surface area contributed by atoms with Crippen molar-refractivity contribution >= 4 is 64.0 Å². The summed E-state index contributed by atoms with van der Waals surface area (Å²) in [6, 6.07) is 11.4. The van der Waals surface area contributed by atoms with Crippen LogP contribution in [0.25, 0.3) is 22.3 Å². The van der Waals surface area contributed by atoms with E-state index in [9.17, 15) is 38.3 Å². The third-order valence-electron chi connectivity index (χ3n) is 13.6. The molecule has 0 spiro atoms. The Bertz CT molecular complexity index is 2790. The Morgan fingerprint density at radius 3 is 2.48 bits per heavy atom. The number of rotatable bonds is 18. The van der Waals surface area contributed by atoms with Crippen molar-refractivity contribution in [3.8, 4) is 11.4 Å². The van der Waals surface area contributed by atoms with Crippen LogP contribution in [0, 0.1) is 24.6 Å². The minimum absolute atomic E-state index is 0.00182. The molecule has 13 nitrogen and oxygen atoms in total. The molecule has 16 heteroatoms. The molecule has 8 rings (SSSR count). The van der Waals surface area contributed by atoms with Crippen LogP contribution in [0.3, 0.4) is 0 Å². The summed E-state index contributed by atoms with van der Waals surface area (Å²) in [6.45, 7) is 8.31. The Labute approximate surface area is 396 Å². The standard InChI is InChI=1S/C51H55FN4O9S2/c1-6-51(63)40-21-43-46-36(23-56(43)48(60)38(40)25-64-49(51)61)39(35-19-27(2)41(52)22-42(35)55-46)26-67-18-17-66-16-15-44(57)29(4)53-47(59)28(3)20-45(58)30(5)54-50(62)65-24-37-33-13-9-7-11-31(33)32-12-8-10-14-34(32)37/h7-14,19,21-22,28-31,33,37,63H,6,15-18,20,23-26H2,1-5H3,(H,53,59)(H,54,62)/t28-,29+,30+,31?,33?,37?,51+/m1/s1. The number of aromatic nitrogens is 2. The van der Waals surface area contributed by atoms with Crippen molar-refractivity contribution in [2.24, 2.45) is 11.8 Å². The third-order valence-corrected chi connectivity index (χ3v) is 15.8. The maximum absolute atomic E-state index is 14.9. The Morgan fingerprint density at radius 1 is 0.970 bits per heavy atom. The molecule has 2 aromatic heterocycles. The third kappa shape index (κ3) is 9.49. The van der Waals surface area contributed by atoms with E-state index in [0.717, 1.165) is 33.6 Å². The minimum Gasteiger partial charge on any atom is -0.458 e. The molecule has 0 saturated carbocycles. The highest BCUT2D eigenvalue weighted by molar-refractivity contribution is 8.02. The number of alkyl carbamates (subject to hydrolysis) is 1. The number of cyclic esters (lactones) is 1. The highest BCUT2D eigenvalue weighted by Crippen LogP contribution is 2.49. The molecule has 352 valence electrons. The Morgan fingerprint density at radius 2 is 1.70 bits per heavy atom. The van der Waals surface area contributed by atoms with Gasteiger partial charge in [-0.25, -0.2) is 19.0 Å². The monoisotopic (exact) mass is 950 g/mol. The van der Waals surface area contributed by atoms with Gasteiger partial charge in [-0.15, -0.1) is 0 Å². The van der Waals surface area contributed by atoms with Crippen LogP contribution in [-0.2, 0) is 53.2 Å². The molecule has 2 aliphatic carbocycles. The van der Waals surface area contributed by atoms with Crippen molar-refractivity contribution in [2.45, 2.75) is 102 Å². The first-order valence-corrected chi connectivity index (χ1v) is 25.1. The van der Waals surface area contributed by atoms with E-state index in [2.05, 4.69) is 34.9 Å². The van der Waals surface area contributed by atoms with Gasteiger partial charge in [-0.05, 0) is 67.5 Å². The maximum Gasteiger partial charge on any atom is 0.407 e. The molecule has 0 saturated heterocycles. The lowest BCUT2D eigenvalue weighted by Gasteiger charge is -2.31. The van der Waals surface area contributed by atoms with Crippen molar-refractivity contribution in [1.29, 1.82) is 0 Å². The van der Waals surface area contributed by atoms with E-state index in [0.29, 0.717) is 34.0 Å². The lowest BCUT2D eigenvalue weighted by molar-refractivity contribution is -0.172. The number of Topliss-reactive ketones (excluding diaryl/α,β-unsaturated/α-hetero) is 2. The van der Waals surface area contributed by atoms with Crippen molar-refractivity contribution in [2.75, 3.05) is 23.9 Å². The fourth-order valence-electron chi connectivity index (χ4n) is 9.59. The first-order chi connectivity index (χ1) is 32.1. The fraction of sp³-hybridized carbons (Fsp3) is 0.431. The molecule has 2 amide bonds. The van der Waals surface area contributed by atoms with Crippen molar-refractivity contribution in [1.82, 2.24) is 20.2 Å². The Hall–Kier alpha value is -5.58. The summed E-state index contributed by atoms with van der Waals surface area (Å²) in [6.07, 6.45) is 7.80. The number of carbonyl (C=O) groups is 5. The van der Waals surface area contributed by atoms with Crippen LogP contribution >= 0.6 is 23.5 Å². The molecule has 0 fully saturated rings. The largest absolute Gasteiger partial charge is 0.458 e. The predicted octanol–water partition coefficient (Wildman–Crippen LogP) is 7.29. The quantitative estimate of drug-likeness (QED) is 0.0590. The molecule has 7 atom stereocenters. The lowest BCUT2D eigenvalue weighted by atomic mass is 9.84. The number of benzene rings is 2. The van der Waals surface area contributed by atoms with E-state index in [1.807, 2.05) is 24.3 Å². The average molecular weight is 951 g/mol. The molecule has 3 N–H and O–H groups in total. The number of pyridine rings is 2. The summed E-state index contributed by atoms with van der Waals surface area (Å²) < 4.78 is 27.3. The number of nitrogens with one attached hydrogen (secondary N) is 2. The molecule has 4 heterocycles. The molecule has 2 aliphatic heterocycles. The van der Waals surface area contributed by atoms with Gasteiger partial charge in [-0.1, -0.05) is 62.4 Å². The second-order valence-corrected chi connectivity index (χ2v) is 20.2. The highest BCUT2D eigenvalue weighted by atomic mass is 32.2. The second-order valence-electron chi connectivity index (χ2n) is 17.9. The number of amides is 2. The zero-order valence-electron chi connectivity index (χ0n) is 38.2. The molecule has 4 aromatic rings. The highest BCUT2D eigenvalue weighted by Gasteiger charge is 2.46. The van der Waals surface area contributed by atoms with Crippen LogP contribution in [0.4, 0.5) is 9.18 Å². The van der Waals surface area contributed by atoms with Gasteiger partial charge in [0.25, 0.3) is 5.56 Å². The molecular formula is C51H55FN4O9S2. The molecular weight excluding hydrogens is 896 g/mol. The number of allylic oxidation sites excluding steroid dienone is 4. The van der Waals surface area contributed by atoms with Crippen LogP contribution in [-0.4, -0.2) is 80.1 Å². The van der Waals surface area contributed by atoms with E-state index in [4.69, 9.17) is 14.5 Å². The molecule has 67 heavy (non-hydrogen) atoms. The molecule has 2 aromatic carbocycles. The number of hydrogen-bond acceptors (Lipinski definition) is 12. The van der Waals surface area contributed by atoms with E-state index < -0.39 is 47.4 Å². The smallest absolute Gasteiger partial charge is 0.407 e. The first kappa shape index (κ1) is 47.9. The van der Waals surface area contributed by atoms with Gasteiger partial charge in [-0.3, -0.25) is 19.2 Å². The van der Waals surface area contributed by atoms with Gasteiger partial charge in [-0.2, -0.15) is 23.5 Å². The molecule has 4 aliphatic rings. The van der Waals surface area contributed by atoms with Gasteiger partial charge in [0.05, 0.1) is 41.1 Å². The van der Waals surface area contributed by atoms with E-state index in [1.165, 1.54) is 11.6 Å². The van der Waals surface area contributed by atoms with Gasteiger partial charge in [0.1, 0.15) is 19.0 Å². The zero-order chi connectivity index (χ0) is 47.7. The van der Waals surface area contributed by atoms with E-state index >= 15 is 0 Å². The van der Waals surface area contributed by atoms with E-state index in [1.54, 1.807) is 74.8 Å². The normalized spacial score (nSPS) is 21.0. The van der Waals surface area contributed by atoms with Crippen molar-refractivity contribution < 1.29 is 42.9 Å². The summed E-state index contributed by atoms with van der Waals surface area (Å²) in [5.41, 5.74) is 4.12. The second kappa shape index (κ2) is 19.9. The van der Waals surface area contributed by atoms with Crippen LogP contribution in [0.15, 0.2) is 71.6 Å². The summed E-state index contributed by atoms with van der Waals surface area (Å²) in [4.78, 5) is 83.2. The topological polar surface area (TPSA) is 183 Å². The molecule has 0 radical (unpaired) electrons. The number of ether oxygens (including phenoxy) is 2. The summed E-state index contributed by atoms with van der Waals surface area (Å²) in [5, 5.41) is 17.4. The van der Waals surface area contributed by atoms with E-state index in [-0.39, 0.29) is 85.0 Å². The van der Waals surface area contributed by atoms with Gasteiger partial charge in [0, 0.05) is 76.2 Å². The van der Waals surface area contributed by atoms with Crippen LogP contribution in [0.5, 0.6) is 0 Å². The first-order valence-electron chi connectivity index (χ1n) is 22.8. The summed E-state index contributed by atoms with van der Waals surface area (Å²) in [5.74, 6) is 0.146. The molecule has 0 bridgehead atoms. The number of thioether (sulfide) groups is 2. The molecule has 3 unspecified atom stereocenters. The number of nitrogens with zero attached hydrogens (tertiary/aromatic N) is 2. The number of esters is 1. The Kier molecular flexibility index (Phi) is 14.3. The summed E-state index contributed by atoms with van der Waals surface area (Å²) >= 11 is 3.28. The van der Waals surface area contributed by atoms with Gasteiger partial charge < -0.3 is 29.8 Å². The van der Waals surface area contributed by atoms with Gasteiger partial charge in [0.2, 0.25) is 5.91 Å². The SMILES string of the molecule is CC[C@@]1(O)C(=O)OCc2c1cc1n(c2=O)Cc2c-1nc1cc(F)c(C)cc1c2CSCCSCCC(=O)[C@H](C)NC(=O)[C@H](C)CC(=O)[C@H](C)NC(=O)OCC1c2ccccc2C2C=CC=CC21. The number of carbonyl (C=O) groups excluding carboxylic acids is 5. The van der Waals surface area contributed by atoms with Crippen molar-refractivity contribution in [3.63, 3.8) is 0 Å². The number of hydrogen-bond donors (Lipinski definition) is 3. The van der Waals surface area contributed by atoms with Crippen molar-refractivity contribution in [3.05, 3.63) is 122 Å². The van der Waals surface area contributed by atoms with Crippen LogP contribution in [0.2, 0.25) is 0 Å². The number of aliphatic hydroxyl groups is 1. The predicted molar refractivity (Wildman–Crippen MR) is 256 cm³/mol. The minimum atomic E-state index is -1.96. The van der Waals surface area contributed by atoms with Gasteiger partial charge >= 0.3 is 12.1 Å². The fourth-order valence-corrected chi connectivity index (χ4v) is 11.8. The van der Waals surface area contributed by atoms with Crippen LogP contribution < -0.4 is 16.2 Å². The number of ketones is 2. The number of halogens is 1. The Balaban J connectivity index is 0.780. The lowest BCUT2D eigenvalue weighted by Crippen LogP contribution is -2.44. The average Bonchev–Trinajstić information content (AvgIpc) is 3.84.